The van der Waals surface area contributed by atoms with Crippen molar-refractivity contribution in [2.24, 2.45) is 0 Å². The van der Waals surface area contributed by atoms with E-state index in [0.717, 1.165) is 58.9 Å². The fourth-order valence-electron chi connectivity index (χ4n) is 4.50. The number of amides is 1. The fraction of sp³-hybridized carbons (Fsp3) is 0.333. The van der Waals surface area contributed by atoms with Crippen LogP contribution in [0.1, 0.15) is 30.4 Å². The van der Waals surface area contributed by atoms with E-state index >= 15 is 0 Å². The molecule has 12 heteroatoms. The third-order valence-electron chi connectivity index (χ3n) is 6.38. The number of piperidine rings is 1. The van der Waals surface area contributed by atoms with Gasteiger partial charge in [0.2, 0.25) is 5.91 Å². The summed E-state index contributed by atoms with van der Waals surface area (Å²) in [4.78, 5) is 36.0. The summed E-state index contributed by atoms with van der Waals surface area (Å²) < 4.78 is 32.8. The molecule has 1 unspecified atom stereocenters. The molecule has 8 nitrogen and oxygen atoms in total. The van der Waals surface area contributed by atoms with Crippen molar-refractivity contribution in [3.63, 3.8) is 0 Å². The van der Waals surface area contributed by atoms with Gasteiger partial charge >= 0.3 is 12.1 Å². The van der Waals surface area contributed by atoms with Crippen molar-refractivity contribution in [2.45, 2.75) is 44.4 Å². The first-order valence-corrected chi connectivity index (χ1v) is 13.2. The number of aromatic nitrogens is 2. The first kappa shape index (κ1) is 28.3. The number of alkyl halides is 3. The lowest BCUT2D eigenvalue weighted by molar-refractivity contribution is -0.192. The van der Waals surface area contributed by atoms with Crippen molar-refractivity contribution in [2.75, 3.05) is 28.2 Å². The molecule has 0 aliphatic carbocycles. The Balaban J connectivity index is 0.000000448. The average Bonchev–Trinajstić information content (AvgIpc) is 2.92. The highest BCUT2D eigenvalue weighted by Crippen LogP contribution is 2.39. The second-order valence-electron chi connectivity index (χ2n) is 9.18. The number of nitrogens with one attached hydrogen (secondary N) is 1. The molecule has 1 fully saturated rings. The Morgan fingerprint density at radius 3 is 2.26 bits per heavy atom. The molecule has 1 atom stereocenters. The molecule has 2 aromatic carbocycles. The molecule has 2 aliphatic heterocycles. The van der Waals surface area contributed by atoms with Crippen molar-refractivity contribution in [1.29, 1.82) is 0 Å². The molecule has 0 bridgehead atoms. The maximum absolute atomic E-state index is 13.8. The first-order valence-electron chi connectivity index (χ1n) is 12.4. The third kappa shape index (κ3) is 7.25. The molecule has 3 aromatic rings. The third-order valence-corrected chi connectivity index (χ3v) is 6.91. The van der Waals surface area contributed by atoms with Crippen molar-refractivity contribution in [1.82, 2.24) is 9.97 Å². The van der Waals surface area contributed by atoms with E-state index < -0.39 is 12.1 Å². The van der Waals surface area contributed by atoms with Gasteiger partial charge in [0.15, 0.2) is 11.6 Å². The van der Waals surface area contributed by atoms with Gasteiger partial charge < -0.3 is 15.3 Å². The summed E-state index contributed by atoms with van der Waals surface area (Å²) in [5, 5.41) is 10.5. The minimum absolute atomic E-state index is 0.0531. The Bertz CT molecular complexity index is 1290. The monoisotopic (exact) mass is 605 g/mol. The average molecular weight is 606 g/mol. The summed E-state index contributed by atoms with van der Waals surface area (Å²) in [5.74, 6) is -1.12. The fourth-order valence-corrected chi connectivity index (χ4v) is 4.77. The van der Waals surface area contributed by atoms with Crippen molar-refractivity contribution >= 4 is 45.1 Å². The number of benzene rings is 2. The van der Waals surface area contributed by atoms with Gasteiger partial charge in [-0.25, -0.2) is 14.8 Å². The van der Waals surface area contributed by atoms with Crippen LogP contribution in [0.5, 0.6) is 0 Å². The Morgan fingerprint density at radius 2 is 1.64 bits per heavy atom. The van der Waals surface area contributed by atoms with E-state index in [1.807, 2.05) is 35.2 Å². The number of nitrogens with zero attached hydrogens (tertiary/aromatic N) is 4. The van der Waals surface area contributed by atoms with Gasteiger partial charge in [-0.3, -0.25) is 9.69 Å². The predicted molar refractivity (Wildman–Crippen MR) is 145 cm³/mol. The molecule has 206 valence electrons. The normalized spacial score (nSPS) is 17.0. The molecule has 2 aliphatic rings. The van der Waals surface area contributed by atoms with Gasteiger partial charge in [0, 0.05) is 24.0 Å². The molecule has 1 saturated heterocycles. The molecule has 3 heterocycles. The maximum atomic E-state index is 13.8. The lowest BCUT2D eigenvalue weighted by atomic mass is 10.0. The first-order chi connectivity index (χ1) is 18.6. The summed E-state index contributed by atoms with van der Waals surface area (Å²) in [6, 6.07) is 17.9. The number of rotatable bonds is 5. The van der Waals surface area contributed by atoms with Crippen LogP contribution in [0.25, 0.3) is 0 Å². The van der Waals surface area contributed by atoms with Crippen molar-refractivity contribution < 1.29 is 27.9 Å². The Morgan fingerprint density at radius 1 is 1.00 bits per heavy atom. The number of aliphatic carboxylic acids is 1. The van der Waals surface area contributed by atoms with E-state index in [1.54, 1.807) is 6.33 Å². The van der Waals surface area contributed by atoms with Crippen LogP contribution in [-0.2, 0) is 22.6 Å². The highest BCUT2D eigenvalue weighted by Gasteiger charge is 2.38. The molecule has 39 heavy (non-hydrogen) atoms. The lowest BCUT2D eigenvalue weighted by Gasteiger charge is -2.38. The number of hydrogen-bond donors (Lipinski definition) is 2. The van der Waals surface area contributed by atoms with Crippen LogP contribution >= 0.6 is 15.9 Å². The van der Waals surface area contributed by atoms with Gasteiger partial charge in [-0.1, -0.05) is 58.4 Å². The van der Waals surface area contributed by atoms with Crippen LogP contribution in [0.3, 0.4) is 0 Å². The number of carboxylic acids is 1. The zero-order valence-corrected chi connectivity index (χ0v) is 22.5. The summed E-state index contributed by atoms with van der Waals surface area (Å²) in [7, 11) is 0. The van der Waals surface area contributed by atoms with Gasteiger partial charge in [-0.2, -0.15) is 13.2 Å². The standard InChI is InChI=1S/C25H26BrN5O.C2HF3O2/c26-20-11-9-19(10-12-20)16-31-22-23(27-17-28-24(22)30-13-5-2-6-14-30)29-21(25(31)32)15-18-7-3-1-4-8-18;3-2(4,5)1(6)7/h1,3-4,7-12,17,21H,2,5-6,13-16H2,(H,27,28,29);(H,6,7). The summed E-state index contributed by atoms with van der Waals surface area (Å²) in [6.07, 6.45) is 0.664. The molecule has 0 spiro atoms. The van der Waals surface area contributed by atoms with Gasteiger partial charge in [0.05, 0.1) is 6.54 Å². The van der Waals surface area contributed by atoms with Gasteiger partial charge in [0.25, 0.3) is 0 Å². The number of halogens is 4. The zero-order valence-electron chi connectivity index (χ0n) is 20.9. The quantitative estimate of drug-likeness (QED) is 0.400. The van der Waals surface area contributed by atoms with Crippen LogP contribution in [0.2, 0.25) is 0 Å². The van der Waals surface area contributed by atoms with Crippen molar-refractivity contribution in [3.8, 4) is 0 Å². The van der Waals surface area contributed by atoms with E-state index in [2.05, 4.69) is 60.4 Å². The zero-order chi connectivity index (χ0) is 28.0. The number of carbonyl (C=O) groups is 2. The van der Waals surface area contributed by atoms with Crippen LogP contribution < -0.4 is 15.1 Å². The molecule has 2 N–H and O–H groups in total. The molecule has 1 amide bonds. The van der Waals surface area contributed by atoms with Gasteiger partial charge in [-0.15, -0.1) is 0 Å². The molecule has 0 saturated carbocycles. The Labute approximate surface area is 232 Å². The van der Waals surface area contributed by atoms with Gasteiger partial charge in [-0.05, 0) is 42.5 Å². The number of fused-ring (bicyclic) bond motifs is 1. The Hall–Kier alpha value is -3.67. The second-order valence-corrected chi connectivity index (χ2v) is 10.1. The largest absolute Gasteiger partial charge is 0.490 e. The highest BCUT2D eigenvalue weighted by atomic mass is 79.9. The molecule has 5 rings (SSSR count). The minimum Gasteiger partial charge on any atom is -0.475 e. The van der Waals surface area contributed by atoms with E-state index in [4.69, 9.17) is 9.90 Å². The van der Waals surface area contributed by atoms with Crippen molar-refractivity contribution in [3.05, 3.63) is 76.5 Å². The van der Waals surface area contributed by atoms with Crippen LogP contribution in [0.15, 0.2) is 65.4 Å². The molecular weight excluding hydrogens is 579 g/mol. The smallest absolute Gasteiger partial charge is 0.475 e. The number of carbonyl (C=O) groups excluding carboxylic acids is 1. The lowest BCUT2D eigenvalue weighted by Crippen LogP contribution is -2.49. The number of carboxylic acid groups (broad SMARTS) is 1. The summed E-state index contributed by atoms with van der Waals surface area (Å²) in [5.41, 5.74) is 2.99. The Kier molecular flexibility index (Phi) is 9.05. The van der Waals surface area contributed by atoms with E-state index in [0.29, 0.717) is 13.0 Å². The number of hydrogen-bond acceptors (Lipinski definition) is 6. The molecular formula is C27H27BrF3N5O3. The van der Waals surface area contributed by atoms with E-state index in [-0.39, 0.29) is 11.9 Å². The van der Waals surface area contributed by atoms with Crippen LogP contribution in [-0.4, -0.2) is 52.3 Å². The number of anilines is 3. The maximum Gasteiger partial charge on any atom is 0.490 e. The highest BCUT2D eigenvalue weighted by molar-refractivity contribution is 9.10. The van der Waals surface area contributed by atoms with E-state index in [1.165, 1.54) is 6.42 Å². The molecule has 0 radical (unpaired) electrons. The second kappa shape index (κ2) is 12.5. The SMILES string of the molecule is O=C(O)C(F)(F)F.O=C1C(Cc2ccccc2)Nc2ncnc(N3CCCCC3)c2N1Cc1ccc(Br)cc1. The topological polar surface area (TPSA) is 98.7 Å². The minimum atomic E-state index is -5.08. The summed E-state index contributed by atoms with van der Waals surface area (Å²) in [6.45, 7) is 2.40. The van der Waals surface area contributed by atoms with Crippen LogP contribution in [0.4, 0.5) is 30.5 Å². The van der Waals surface area contributed by atoms with Gasteiger partial charge in [0.1, 0.15) is 18.1 Å². The van der Waals surface area contributed by atoms with Crippen LogP contribution in [0, 0.1) is 0 Å². The predicted octanol–water partition coefficient (Wildman–Crippen LogP) is 5.43. The van der Waals surface area contributed by atoms with E-state index in [9.17, 15) is 18.0 Å². The molecule has 1 aromatic heterocycles. The summed E-state index contributed by atoms with van der Waals surface area (Å²) >= 11 is 3.50.